The summed E-state index contributed by atoms with van der Waals surface area (Å²) in [7, 11) is -0.792. The number of methoxy groups -OCH3 is 2. The van der Waals surface area contributed by atoms with E-state index in [0.717, 1.165) is 12.4 Å². The summed E-state index contributed by atoms with van der Waals surface area (Å²) in [5, 5.41) is 0. The van der Waals surface area contributed by atoms with E-state index in [-0.39, 0.29) is 17.5 Å². The molecule has 1 fully saturated rings. The molecule has 0 amide bonds. The van der Waals surface area contributed by atoms with Gasteiger partial charge in [-0.15, -0.1) is 0 Å². The normalized spacial score (nSPS) is 17.9. The minimum atomic E-state index is -3.71. The van der Waals surface area contributed by atoms with Crippen LogP contribution in [0.3, 0.4) is 0 Å². The van der Waals surface area contributed by atoms with Gasteiger partial charge in [-0.1, -0.05) is 0 Å². The summed E-state index contributed by atoms with van der Waals surface area (Å²) in [6, 6.07) is 4.45. The molecular formula is C16H18FN3O5S. The number of ether oxygens (including phenoxy) is 3. The molecule has 1 atom stereocenters. The summed E-state index contributed by atoms with van der Waals surface area (Å²) in [6.07, 6.45) is 2.06. The van der Waals surface area contributed by atoms with E-state index in [1.807, 2.05) is 0 Å². The number of rotatable bonds is 6. The highest BCUT2D eigenvalue weighted by Gasteiger charge is 2.34. The van der Waals surface area contributed by atoms with Crippen molar-refractivity contribution in [3.05, 3.63) is 36.4 Å². The Morgan fingerprint density at radius 2 is 1.85 bits per heavy atom. The third-order valence-corrected chi connectivity index (χ3v) is 5.83. The van der Waals surface area contributed by atoms with Crippen molar-refractivity contribution in [3.63, 3.8) is 0 Å². The second kappa shape index (κ2) is 7.42. The lowest BCUT2D eigenvalue weighted by molar-refractivity contribution is 0.197. The molecule has 0 bridgehead atoms. The van der Waals surface area contributed by atoms with E-state index in [1.54, 1.807) is 6.07 Å². The van der Waals surface area contributed by atoms with Gasteiger partial charge in [-0.3, -0.25) is 0 Å². The van der Waals surface area contributed by atoms with Gasteiger partial charge in [-0.25, -0.2) is 22.8 Å². The first-order valence-corrected chi connectivity index (χ1v) is 9.24. The maximum Gasteiger partial charge on any atom is 0.316 e. The summed E-state index contributed by atoms with van der Waals surface area (Å²) in [6.45, 7) is 0.444. The Bertz CT molecular complexity index is 876. The molecule has 1 aliphatic rings. The van der Waals surface area contributed by atoms with Crippen LogP contribution < -0.4 is 14.2 Å². The summed E-state index contributed by atoms with van der Waals surface area (Å²) in [4.78, 5) is 7.55. The minimum absolute atomic E-state index is 0.0155. The molecular weight excluding hydrogens is 365 g/mol. The zero-order valence-electron chi connectivity index (χ0n) is 14.3. The molecule has 26 heavy (non-hydrogen) atoms. The SMILES string of the molecule is COc1ccc(S(=O)(=O)N2CC[C@@H](Oc3ncc(F)cn3)C2)cc1OC. The van der Waals surface area contributed by atoms with Gasteiger partial charge in [0.25, 0.3) is 0 Å². The van der Waals surface area contributed by atoms with Gasteiger partial charge in [0.05, 0.1) is 38.1 Å². The summed E-state index contributed by atoms with van der Waals surface area (Å²) in [5.41, 5.74) is 0. The Hall–Kier alpha value is -2.46. The molecule has 1 aliphatic heterocycles. The fraction of sp³-hybridized carbons (Fsp3) is 0.375. The predicted molar refractivity (Wildman–Crippen MR) is 89.3 cm³/mol. The zero-order chi connectivity index (χ0) is 18.7. The van der Waals surface area contributed by atoms with Gasteiger partial charge in [0, 0.05) is 12.6 Å². The quantitative estimate of drug-likeness (QED) is 0.746. The van der Waals surface area contributed by atoms with Crippen LogP contribution in [0.5, 0.6) is 17.5 Å². The lowest BCUT2D eigenvalue weighted by Crippen LogP contribution is -2.31. The van der Waals surface area contributed by atoms with E-state index in [9.17, 15) is 12.8 Å². The van der Waals surface area contributed by atoms with Crippen molar-refractivity contribution in [2.24, 2.45) is 0 Å². The van der Waals surface area contributed by atoms with E-state index in [1.165, 1.54) is 30.7 Å². The second-order valence-electron chi connectivity index (χ2n) is 5.59. The lowest BCUT2D eigenvalue weighted by atomic mass is 10.3. The highest BCUT2D eigenvalue weighted by molar-refractivity contribution is 7.89. The molecule has 10 heteroatoms. The van der Waals surface area contributed by atoms with E-state index in [4.69, 9.17) is 14.2 Å². The Kier molecular flexibility index (Phi) is 5.23. The largest absolute Gasteiger partial charge is 0.493 e. The van der Waals surface area contributed by atoms with Crippen LogP contribution in [-0.2, 0) is 10.0 Å². The van der Waals surface area contributed by atoms with Crippen molar-refractivity contribution in [3.8, 4) is 17.5 Å². The molecule has 0 unspecified atom stereocenters. The van der Waals surface area contributed by atoms with Crippen molar-refractivity contribution in [2.45, 2.75) is 17.4 Å². The van der Waals surface area contributed by atoms with E-state index in [0.29, 0.717) is 24.5 Å². The topological polar surface area (TPSA) is 90.9 Å². The molecule has 2 aromatic rings. The fourth-order valence-corrected chi connectivity index (χ4v) is 4.15. The van der Waals surface area contributed by atoms with Gasteiger partial charge in [0.2, 0.25) is 10.0 Å². The van der Waals surface area contributed by atoms with Gasteiger partial charge >= 0.3 is 6.01 Å². The van der Waals surface area contributed by atoms with Gasteiger partial charge in [0.15, 0.2) is 17.3 Å². The highest BCUT2D eigenvalue weighted by Crippen LogP contribution is 2.31. The highest BCUT2D eigenvalue weighted by atomic mass is 32.2. The number of halogens is 1. The van der Waals surface area contributed by atoms with Crippen molar-refractivity contribution in [1.29, 1.82) is 0 Å². The molecule has 1 aromatic carbocycles. The molecule has 140 valence electrons. The summed E-state index contributed by atoms with van der Waals surface area (Å²) >= 11 is 0. The third-order valence-electron chi connectivity index (χ3n) is 3.97. The summed E-state index contributed by atoms with van der Waals surface area (Å²) < 4.78 is 55.7. The minimum Gasteiger partial charge on any atom is -0.493 e. The Balaban J connectivity index is 1.73. The number of benzene rings is 1. The van der Waals surface area contributed by atoms with Crippen LogP contribution in [0, 0.1) is 5.82 Å². The number of sulfonamides is 1. The Morgan fingerprint density at radius 3 is 2.50 bits per heavy atom. The first kappa shape index (κ1) is 18.3. The van der Waals surface area contributed by atoms with Crippen molar-refractivity contribution in [2.75, 3.05) is 27.3 Å². The second-order valence-corrected chi connectivity index (χ2v) is 7.53. The molecule has 2 heterocycles. The van der Waals surface area contributed by atoms with Crippen LogP contribution in [0.4, 0.5) is 4.39 Å². The molecule has 0 spiro atoms. The van der Waals surface area contributed by atoms with Crippen LogP contribution in [0.1, 0.15) is 6.42 Å². The molecule has 0 N–H and O–H groups in total. The number of aromatic nitrogens is 2. The third kappa shape index (κ3) is 3.70. The van der Waals surface area contributed by atoms with Crippen molar-refractivity contribution >= 4 is 10.0 Å². The van der Waals surface area contributed by atoms with E-state index >= 15 is 0 Å². The predicted octanol–water partition coefficient (Wildman–Crippen LogP) is 1.47. The van der Waals surface area contributed by atoms with Crippen LogP contribution in [0.15, 0.2) is 35.5 Å². The fourth-order valence-electron chi connectivity index (χ4n) is 2.65. The molecule has 0 aliphatic carbocycles. The van der Waals surface area contributed by atoms with Gasteiger partial charge < -0.3 is 14.2 Å². The van der Waals surface area contributed by atoms with Crippen LogP contribution >= 0.6 is 0 Å². The van der Waals surface area contributed by atoms with Crippen molar-refractivity contribution < 1.29 is 27.0 Å². The first-order valence-electron chi connectivity index (χ1n) is 7.80. The first-order chi connectivity index (χ1) is 12.4. The molecule has 1 saturated heterocycles. The average Bonchev–Trinajstić information content (AvgIpc) is 3.12. The number of hydrogen-bond donors (Lipinski definition) is 0. The molecule has 0 radical (unpaired) electrons. The van der Waals surface area contributed by atoms with Gasteiger partial charge in [-0.2, -0.15) is 4.31 Å². The van der Waals surface area contributed by atoms with Gasteiger partial charge in [0.1, 0.15) is 6.10 Å². The maximum absolute atomic E-state index is 12.8. The average molecular weight is 383 g/mol. The summed E-state index contributed by atoms with van der Waals surface area (Å²) in [5.74, 6) is 0.212. The zero-order valence-corrected chi connectivity index (χ0v) is 15.1. The standard InChI is InChI=1S/C16H18FN3O5S/c1-23-14-4-3-13(7-15(14)24-2)26(21,22)20-6-5-12(10-20)25-16-18-8-11(17)9-19-16/h3-4,7-9,12H,5-6,10H2,1-2H3/t12-/m1/s1. The smallest absolute Gasteiger partial charge is 0.316 e. The molecule has 3 rings (SSSR count). The van der Waals surface area contributed by atoms with Crippen LogP contribution in [0.25, 0.3) is 0 Å². The van der Waals surface area contributed by atoms with Crippen molar-refractivity contribution in [1.82, 2.24) is 14.3 Å². The van der Waals surface area contributed by atoms with Crippen LogP contribution in [0.2, 0.25) is 0 Å². The van der Waals surface area contributed by atoms with E-state index < -0.39 is 21.9 Å². The maximum atomic E-state index is 12.8. The molecule has 8 nitrogen and oxygen atoms in total. The lowest BCUT2D eigenvalue weighted by Gasteiger charge is -2.18. The Morgan fingerprint density at radius 1 is 1.15 bits per heavy atom. The number of hydrogen-bond acceptors (Lipinski definition) is 7. The number of nitrogens with zero attached hydrogens (tertiary/aromatic N) is 3. The monoisotopic (exact) mass is 383 g/mol. The molecule has 1 aromatic heterocycles. The van der Waals surface area contributed by atoms with E-state index in [2.05, 4.69) is 9.97 Å². The Labute approximate surface area is 150 Å². The van der Waals surface area contributed by atoms with Gasteiger partial charge in [-0.05, 0) is 18.6 Å². The van der Waals surface area contributed by atoms with Crippen LogP contribution in [-0.4, -0.2) is 56.1 Å². The molecule has 0 saturated carbocycles.